The topological polar surface area (TPSA) is 9.23 Å². The number of hydrogen-bond acceptors (Lipinski definition) is 1. The van der Waals surface area contributed by atoms with Crippen LogP contribution >= 0.6 is 43.5 Å². The van der Waals surface area contributed by atoms with Gasteiger partial charge in [0.05, 0.1) is 15.9 Å². The summed E-state index contributed by atoms with van der Waals surface area (Å²) in [4.78, 5) is 0.0631. The number of hydrogen-bond donors (Lipinski definition) is 0. The highest BCUT2D eigenvalue weighted by Gasteiger charge is 2.14. The van der Waals surface area contributed by atoms with E-state index in [9.17, 15) is 0 Å². The van der Waals surface area contributed by atoms with E-state index in [0.29, 0.717) is 6.61 Å². The van der Waals surface area contributed by atoms with Gasteiger partial charge in [-0.1, -0.05) is 51.8 Å². The summed E-state index contributed by atoms with van der Waals surface area (Å²) in [7, 11) is 0. The van der Waals surface area contributed by atoms with Crippen molar-refractivity contribution in [2.45, 2.75) is 11.8 Å². The van der Waals surface area contributed by atoms with Gasteiger partial charge >= 0.3 is 0 Å². The van der Waals surface area contributed by atoms with E-state index in [4.69, 9.17) is 16.3 Å². The summed E-state index contributed by atoms with van der Waals surface area (Å²) >= 11 is 13.4. The molecule has 0 heterocycles. The number of halogens is 3. The van der Waals surface area contributed by atoms with Crippen LogP contribution in [-0.2, 0) is 0 Å². The zero-order valence-corrected chi connectivity index (χ0v) is 14.3. The number of benzene rings is 2. The fourth-order valence-corrected chi connectivity index (χ4v) is 3.38. The lowest BCUT2D eigenvalue weighted by molar-refractivity contribution is 0.338. The molecule has 2 aromatic rings. The average Bonchev–Trinajstić information content (AvgIpc) is 2.41. The molecule has 100 valence electrons. The van der Waals surface area contributed by atoms with Crippen molar-refractivity contribution >= 4 is 43.5 Å². The Hall–Kier alpha value is -0.510. The summed E-state index contributed by atoms with van der Waals surface area (Å²) < 4.78 is 6.46. The first-order valence-electron chi connectivity index (χ1n) is 5.94. The van der Waals surface area contributed by atoms with E-state index in [1.807, 2.05) is 49.4 Å². The Morgan fingerprint density at radius 1 is 1.21 bits per heavy atom. The number of ether oxygens (including phenoxy) is 1. The van der Waals surface area contributed by atoms with Crippen molar-refractivity contribution < 1.29 is 4.74 Å². The summed E-state index contributed by atoms with van der Waals surface area (Å²) in [5, 5.41) is 0.759. The zero-order chi connectivity index (χ0) is 13.8. The van der Waals surface area contributed by atoms with Crippen molar-refractivity contribution in [1.29, 1.82) is 0 Å². The molecule has 0 saturated carbocycles. The standard InChI is InChI=1S/C15H13Br2ClO/c1-2-19-14-8-7-10(9-12(14)16)15(17)11-5-3-4-6-13(11)18/h3-9,15H,2H2,1H3. The first-order valence-corrected chi connectivity index (χ1v) is 8.03. The summed E-state index contributed by atoms with van der Waals surface area (Å²) in [5.41, 5.74) is 2.18. The van der Waals surface area contributed by atoms with Crippen LogP contribution in [0.4, 0.5) is 0 Å². The highest BCUT2D eigenvalue weighted by atomic mass is 79.9. The van der Waals surface area contributed by atoms with E-state index in [1.54, 1.807) is 0 Å². The first kappa shape index (κ1) is 14.9. The summed E-state index contributed by atoms with van der Waals surface area (Å²) in [5.74, 6) is 0.852. The lowest BCUT2D eigenvalue weighted by Crippen LogP contribution is -1.96. The maximum Gasteiger partial charge on any atom is 0.133 e. The predicted molar refractivity (Wildman–Crippen MR) is 87.5 cm³/mol. The van der Waals surface area contributed by atoms with Gasteiger partial charge in [-0.2, -0.15) is 0 Å². The third kappa shape index (κ3) is 3.53. The molecule has 0 aliphatic heterocycles. The predicted octanol–water partition coefficient (Wildman–Crippen LogP) is 5.99. The van der Waals surface area contributed by atoms with E-state index in [-0.39, 0.29) is 4.83 Å². The highest BCUT2D eigenvalue weighted by molar-refractivity contribution is 9.10. The Morgan fingerprint density at radius 2 is 1.95 bits per heavy atom. The quantitative estimate of drug-likeness (QED) is 0.569. The Balaban J connectivity index is 2.32. The molecule has 4 heteroatoms. The molecule has 0 radical (unpaired) electrons. The third-order valence-electron chi connectivity index (χ3n) is 2.73. The monoisotopic (exact) mass is 402 g/mol. The Kier molecular flexibility index (Phi) is 5.31. The Labute approximate surface area is 135 Å². The fraction of sp³-hybridized carbons (Fsp3) is 0.200. The molecule has 2 rings (SSSR count). The van der Waals surface area contributed by atoms with Crippen molar-refractivity contribution in [2.75, 3.05) is 6.61 Å². The minimum absolute atomic E-state index is 0.0631. The van der Waals surface area contributed by atoms with Gasteiger partial charge in [-0.05, 0) is 52.2 Å². The second-order valence-electron chi connectivity index (χ2n) is 4.01. The minimum atomic E-state index is 0.0631. The van der Waals surface area contributed by atoms with Crippen molar-refractivity contribution in [2.24, 2.45) is 0 Å². The first-order chi connectivity index (χ1) is 9.13. The van der Waals surface area contributed by atoms with Crippen LogP contribution in [0.5, 0.6) is 5.75 Å². The molecular formula is C15H13Br2ClO. The minimum Gasteiger partial charge on any atom is -0.493 e. The summed E-state index contributed by atoms with van der Waals surface area (Å²) in [6.45, 7) is 2.62. The van der Waals surface area contributed by atoms with Gasteiger partial charge in [0.25, 0.3) is 0 Å². The van der Waals surface area contributed by atoms with Gasteiger partial charge in [-0.15, -0.1) is 0 Å². The van der Waals surface area contributed by atoms with Crippen LogP contribution in [0, 0.1) is 0 Å². The SMILES string of the molecule is CCOc1ccc(C(Br)c2ccccc2Cl)cc1Br. The molecule has 1 nitrogen and oxygen atoms in total. The molecule has 2 aromatic carbocycles. The molecule has 0 aromatic heterocycles. The Bertz CT molecular complexity index is 572. The van der Waals surface area contributed by atoms with Crippen LogP contribution in [-0.4, -0.2) is 6.61 Å². The van der Waals surface area contributed by atoms with E-state index in [1.165, 1.54) is 0 Å². The second kappa shape index (κ2) is 6.78. The zero-order valence-electron chi connectivity index (χ0n) is 10.4. The van der Waals surface area contributed by atoms with Gasteiger partial charge in [0.15, 0.2) is 0 Å². The maximum atomic E-state index is 6.22. The van der Waals surface area contributed by atoms with Gasteiger partial charge < -0.3 is 4.74 Å². The van der Waals surface area contributed by atoms with Crippen LogP contribution in [0.15, 0.2) is 46.9 Å². The molecule has 0 fully saturated rings. The lowest BCUT2D eigenvalue weighted by Gasteiger charge is -2.14. The van der Waals surface area contributed by atoms with Crippen LogP contribution in [0.25, 0.3) is 0 Å². The van der Waals surface area contributed by atoms with Gasteiger partial charge in [0, 0.05) is 5.02 Å². The molecule has 0 saturated heterocycles. The number of rotatable bonds is 4. The van der Waals surface area contributed by atoms with Gasteiger partial charge in [-0.25, -0.2) is 0 Å². The third-order valence-corrected chi connectivity index (χ3v) is 4.71. The molecule has 0 aliphatic rings. The average molecular weight is 405 g/mol. The van der Waals surface area contributed by atoms with Crippen molar-refractivity contribution in [3.8, 4) is 5.75 Å². The highest BCUT2D eigenvalue weighted by Crippen LogP contribution is 2.37. The normalized spacial score (nSPS) is 12.2. The van der Waals surface area contributed by atoms with E-state index in [0.717, 1.165) is 26.4 Å². The van der Waals surface area contributed by atoms with Crippen molar-refractivity contribution in [1.82, 2.24) is 0 Å². The van der Waals surface area contributed by atoms with Crippen molar-refractivity contribution in [3.05, 3.63) is 63.1 Å². The molecule has 19 heavy (non-hydrogen) atoms. The molecule has 0 aliphatic carbocycles. The van der Waals surface area contributed by atoms with Crippen molar-refractivity contribution in [3.63, 3.8) is 0 Å². The molecule has 0 amide bonds. The molecule has 0 N–H and O–H groups in total. The lowest BCUT2D eigenvalue weighted by atomic mass is 10.0. The van der Waals surface area contributed by atoms with Crippen LogP contribution in [0.1, 0.15) is 22.9 Å². The fourth-order valence-electron chi connectivity index (χ4n) is 1.81. The molecule has 0 spiro atoms. The van der Waals surface area contributed by atoms with Gasteiger partial charge in [0.2, 0.25) is 0 Å². The maximum absolute atomic E-state index is 6.22. The van der Waals surface area contributed by atoms with E-state index in [2.05, 4.69) is 31.9 Å². The number of alkyl halides is 1. The van der Waals surface area contributed by atoms with E-state index >= 15 is 0 Å². The smallest absolute Gasteiger partial charge is 0.133 e. The van der Waals surface area contributed by atoms with E-state index < -0.39 is 0 Å². The molecular weight excluding hydrogens is 391 g/mol. The van der Waals surface area contributed by atoms with Crippen LogP contribution in [0.3, 0.4) is 0 Å². The van der Waals surface area contributed by atoms with Gasteiger partial charge in [-0.3, -0.25) is 0 Å². The summed E-state index contributed by atoms with van der Waals surface area (Å²) in [6, 6.07) is 13.9. The molecule has 0 bridgehead atoms. The second-order valence-corrected chi connectivity index (χ2v) is 6.18. The molecule has 1 unspecified atom stereocenters. The molecule has 1 atom stereocenters. The largest absolute Gasteiger partial charge is 0.493 e. The van der Waals surface area contributed by atoms with Gasteiger partial charge in [0.1, 0.15) is 5.75 Å². The van der Waals surface area contributed by atoms with Crippen LogP contribution < -0.4 is 4.74 Å². The Morgan fingerprint density at radius 3 is 2.58 bits per heavy atom. The summed E-state index contributed by atoms with van der Waals surface area (Å²) in [6.07, 6.45) is 0. The van der Waals surface area contributed by atoms with Crippen LogP contribution in [0.2, 0.25) is 5.02 Å².